The lowest BCUT2D eigenvalue weighted by atomic mass is 9.86. The second-order valence-electron chi connectivity index (χ2n) is 12.3. The normalized spacial score (nSPS) is 11.5. The summed E-state index contributed by atoms with van der Waals surface area (Å²) in [5, 5.41) is 13.8. The molecule has 4 aromatic carbocycles. The fraction of sp³-hybridized carbons (Fsp3) is 0.194. The number of sulfonamides is 1. The summed E-state index contributed by atoms with van der Waals surface area (Å²) < 4.78 is 44.4. The Morgan fingerprint density at radius 2 is 1.60 bits per heavy atom. The summed E-state index contributed by atoms with van der Waals surface area (Å²) in [5.41, 5.74) is 7.73. The minimum Gasteiger partial charge on any atom is -0.496 e. The van der Waals surface area contributed by atoms with Crippen molar-refractivity contribution in [2.75, 3.05) is 35.4 Å². The van der Waals surface area contributed by atoms with E-state index >= 15 is 0 Å². The maximum Gasteiger partial charge on any atom is 0.339 e. The zero-order valence-electron chi connectivity index (χ0n) is 28.3. The highest BCUT2D eigenvalue weighted by Crippen LogP contribution is 2.46. The molecule has 14 heteroatoms. The van der Waals surface area contributed by atoms with Crippen LogP contribution in [0.1, 0.15) is 36.7 Å². The lowest BCUT2D eigenvalue weighted by Gasteiger charge is -2.29. The van der Waals surface area contributed by atoms with Gasteiger partial charge in [0.1, 0.15) is 28.6 Å². The van der Waals surface area contributed by atoms with Crippen LogP contribution in [0.25, 0.3) is 10.8 Å². The molecule has 50 heavy (non-hydrogen) atoms. The first-order valence-corrected chi connectivity index (χ1v) is 17.1. The van der Waals surface area contributed by atoms with Gasteiger partial charge >= 0.3 is 12.0 Å². The Bertz CT molecular complexity index is 2220. The fourth-order valence-corrected chi connectivity index (χ4v) is 5.92. The minimum atomic E-state index is -3.72. The van der Waals surface area contributed by atoms with Crippen molar-refractivity contribution < 1.29 is 37.3 Å². The number of primary amides is 1. The molecule has 1 aromatic heterocycles. The van der Waals surface area contributed by atoms with E-state index < -0.39 is 27.4 Å². The molecular weight excluding hydrogens is 662 g/mol. The molecule has 0 atom stereocenters. The molecule has 0 saturated heterocycles. The Kier molecular flexibility index (Phi) is 9.77. The number of carboxylic acid groups (broad SMARTS) is 1. The summed E-state index contributed by atoms with van der Waals surface area (Å²) in [7, 11) is -0.938. The van der Waals surface area contributed by atoms with E-state index in [1.165, 1.54) is 25.2 Å². The zero-order chi connectivity index (χ0) is 36.4. The van der Waals surface area contributed by atoms with Crippen molar-refractivity contribution in [1.29, 1.82) is 0 Å². The van der Waals surface area contributed by atoms with Crippen LogP contribution in [0.4, 0.5) is 33.4 Å². The van der Waals surface area contributed by atoms with Crippen molar-refractivity contribution in [3.05, 3.63) is 96.2 Å². The number of carbonyl (C=O) groups excluding carboxylic acids is 1. The van der Waals surface area contributed by atoms with Crippen LogP contribution in [0.5, 0.6) is 23.0 Å². The summed E-state index contributed by atoms with van der Waals surface area (Å²) in [6, 6.07) is 21.2. The van der Waals surface area contributed by atoms with Crippen LogP contribution >= 0.6 is 0 Å². The van der Waals surface area contributed by atoms with Gasteiger partial charge in [-0.25, -0.2) is 23.0 Å². The topological polar surface area (TPSA) is 182 Å². The smallest absolute Gasteiger partial charge is 0.339 e. The number of anilines is 5. The van der Waals surface area contributed by atoms with Gasteiger partial charge in [-0.05, 0) is 53.4 Å². The highest BCUT2D eigenvalue weighted by Gasteiger charge is 2.28. The maximum atomic E-state index is 13.3. The number of carbonyl (C=O) groups is 2. The van der Waals surface area contributed by atoms with E-state index in [0.29, 0.717) is 39.5 Å². The number of rotatable bonds is 11. The number of aromatic carboxylic acids is 1. The second-order valence-corrected chi connectivity index (χ2v) is 14.1. The Morgan fingerprint density at radius 3 is 2.22 bits per heavy atom. The number of aromatic nitrogens is 1. The molecule has 0 saturated carbocycles. The van der Waals surface area contributed by atoms with Crippen molar-refractivity contribution in [2.45, 2.75) is 26.2 Å². The van der Waals surface area contributed by atoms with Crippen molar-refractivity contribution in [1.82, 2.24) is 4.98 Å². The number of nitrogens with one attached hydrogen (secondary N) is 2. The number of ether oxygens (including phenoxy) is 3. The van der Waals surface area contributed by atoms with E-state index in [4.69, 9.17) is 19.9 Å². The lowest BCUT2D eigenvalue weighted by Crippen LogP contribution is -2.32. The number of urea groups is 1. The van der Waals surface area contributed by atoms with E-state index in [2.05, 4.69) is 15.0 Å². The standard InChI is InChI=1S/C36H37N5O8S/c1-36(2,3)21-17-27(40-50(6,45)46)33(48-5)29(18-21)41(35(37)44)28-13-14-30(25-10-8-7-9-24(25)28)49-23-15-16-38-32(20-23)39-22-11-12-26(34(42)43)31(19-22)47-4/h7-20,40H,1-6H3,(H2,37,44)(H,38,39)(H,42,43). The van der Waals surface area contributed by atoms with Gasteiger partial charge in [0.05, 0.1) is 37.5 Å². The van der Waals surface area contributed by atoms with Crippen LogP contribution in [-0.4, -0.2) is 51.0 Å². The van der Waals surface area contributed by atoms with E-state index in [9.17, 15) is 23.1 Å². The van der Waals surface area contributed by atoms with E-state index in [1.54, 1.807) is 54.7 Å². The third-order valence-corrected chi connectivity index (χ3v) is 8.25. The van der Waals surface area contributed by atoms with Crippen molar-refractivity contribution in [2.24, 2.45) is 5.73 Å². The predicted molar refractivity (Wildman–Crippen MR) is 193 cm³/mol. The summed E-state index contributed by atoms with van der Waals surface area (Å²) in [6.07, 6.45) is 2.59. The number of hydrogen-bond donors (Lipinski definition) is 4. The molecule has 0 aliphatic rings. The Balaban J connectivity index is 1.56. The highest BCUT2D eigenvalue weighted by atomic mass is 32.2. The van der Waals surface area contributed by atoms with Gasteiger partial charge in [0.15, 0.2) is 5.75 Å². The van der Waals surface area contributed by atoms with Crippen molar-refractivity contribution in [3.8, 4) is 23.0 Å². The largest absolute Gasteiger partial charge is 0.496 e. The zero-order valence-corrected chi connectivity index (χ0v) is 29.1. The molecule has 0 spiro atoms. The van der Waals surface area contributed by atoms with Crippen LogP contribution in [0.3, 0.4) is 0 Å². The number of carboxylic acids is 1. The molecule has 5 N–H and O–H groups in total. The first-order chi connectivity index (χ1) is 23.6. The lowest BCUT2D eigenvalue weighted by molar-refractivity contribution is 0.0693. The first-order valence-electron chi connectivity index (χ1n) is 15.2. The quantitative estimate of drug-likeness (QED) is 0.109. The molecule has 5 rings (SSSR count). The van der Waals surface area contributed by atoms with E-state index in [-0.39, 0.29) is 28.4 Å². The monoisotopic (exact) mass is 699 g/mol. The van der Waals surface area contributed by atoms with E-state index in [1.807, 2.05) is 45.0 Å². The Morgan fingerprint density at radius 1 is 0.880 bits per heavy atom. The molecule has 0 radical (unpaired) electrons. The van der Waals surface area contributed by atoms with Gasteiger partial charge in [-0.15, -0.1) is 0 Å². The van der Waals surface area contributed by atoms with Gasteiger partial charge in [0, 0.05) is 34.8 Å². The summed E-state index contributed by atoms with van der Waals surface area (Å²) >= 11 is 0. The van der Waals surface area contributed by atoms with Crippen LogP contribution in [-0.2, 0) is 15.4 Å². The Hall–Kier alpha value is -6.02. The van der Waals surface area contributed by atoms with E-state index in [0.717, 1.165) is 11.8 Å². The van der Waals surface area contributed by atoms with Gasteiger partial charge in [-0.3, -0.25) is 9.62 Å². The molecule has 0 aliphatic carbocycles. The Labute approximate surface area is 289 Å². The fourth-order valence-electron chi connectivity index (χ4n) is 5.37. The summed E-state index contributed by atoms with van der Waals surface area (Å²) in [5.74, 6) is 0.532. The minimum absolute atomic E-state index is 0.0275. The van der Waals surface area contributed by atoms with Crippen LogP contribution < -0.4 is 34.9 Å². The maximum absolute atomic E-state index is 13.3. The van der Waals surface area contributed by atoms with Gasteiger partial charge in [-0.1, -0.05) is 45.0 Å². The number of fused-ring (bicyclic) bond motifs is 1. The molecule has 0 aliphatic heterocycles. The average Bonchev–Trinajstić information content (AvgIpc) is 3.04. The SMILES string of the molecule is COc1cc(Nc2cc(Oc3ccc(N(C(N)=O)c4cc(C(C)(C)C)cc(NS(C)(=O)=O)c4OC)c4ccccc34)ccn2)ccc1C(=O)O. The summed E-state index contributed by atoms with van der Waals surface area (Å²) in [4.78, 5) is 30.4. The molecule has 5 aromatic rings. The molecular formula is C36H37N5O8S. The van der Waals surface area contributed by atoms with Gasteiger partial charge in [0.25, 0.3) is 0 Å². The second kappa shape index (κ2) is 13.8. The summed E-state index contributed by atoms with van der Waals surface area (Å²) in [6.45, 7) is 5.89. The molecule has 0 unspecified atom stereocenters. The van der Waals surface area contributed by atoms with Crippen LogP contribution in [0.15, 0.2) is 85.1 Å². The number of methoxy groups -OCH3 is 2. The molecule has 0 fully saturated rings. The number of benzene rings is 4. The predicted octanol–water partition coefficient (Wildman–Crippen LogP) is 7.37. The van der Waals surface area contributed by atoms with Crippen LogP contribution in [0, 0.1) is 0 Å². The average molecular weight is 700 g/mol. The van der Waals surface area contributed by atoms with Crippen molar-refractivity contribution >= 4 is 61.4 Å². The van der Waals surface area contributed by atoms with Gasteiger partial charge in [-0.2, -0.15) is 0 Å². The molecule has 260 valence electrons. The first kappa shape index (κ1) is 35.3. The number of hydrogen-bond acceptors (Lipinski definition) is 9. The highest BCUT2D eigenvalue weighted by molar-refractivity contribution is 7.92. The molecule has 0 bridgehead atoms. The third-order valence-electron chi connectivity index (χ3n) is 7.66. The number of nitrogens with zero attached hydrogens (tertiary/aromatic N) is 2. The molecule has 2 amide bonds. The number of amides is 2. The molecule has 13 nitrogen and oxygen atoms in total. The number of pyridine rings is 1. The van der Waals surface area contributed by atoms with Gasteiger partial charge < -0.3 is 30.4 Å². The third kappa shape index (κ3) is 7.65. The van der Waals surface area contributed by atoms with Crippen LogP contribution in [0.2, 0.25) is 0 Å². The van der Waals surface area contributed by atoms with Gasteiger partial charge in [0.2, 0.25) is 10.0 Å². The number of nitrogens with two attached hydrogens (primary N) is 1. The molecule has 1 heterocycles. The van der Waals surface area contributed by atoms with Crippen molar-refractivity contribution in [3.63, 3.8) is 0 Å².